The van der Waals surface area contributed by atoms with Gasteiger partial charge in [-0.15, -0.1) is 18.0 Å². The molecule has 0 aliphatic carbocycles. The zero-order valence-corrected chi connectivity index (χ0v) is 39.4. The Bertz CT molecular complexity index is 2320. The molecule has 1 radical (unpaired) electrons. The van der Waals surface area contributed by atoms with Gasteiger partial charge in [0.15, 0.2) is 8.07 Å². The zero-order valence-electron chi connectivity index (χ0n) is 36.2. The molecule has 0 aromatic heterocycles. The van der Waals surface area contributed by atoms with Gasteiger partial charge in [-0.25, -0.2) is 0 Å². The fourth-order valence-electron chi connectivity index (χ4n) is 9.26. The van der Waals surface area contributed by atoms with E-state index in [1.165, 1.54) is 65.8 Å². The largest absolute Gasteiger partial charge is 0.658 e. The molecule has 0 fully saturated rings. The SMILES string of the molecule is CC(C)c1cccc(C(C)C)c1N1[CH-]N(c2c(C(C)C)cccc2C(C)C)c2ccccc21.[Au].c1ccc([Si]2(c3ccccc3)c3ccccc3[N-]c3ccccc32)cc1. The van der Waals surface area contributed by atoms with Crippen LogP contribution < -0.4 is 30.5 Å². The van der Waals surface area contributed by atoms with E-state index in [4.69, 9.17) is 5.32 Å². The number of para-hydroxylation sites is 6. The molecule has 7 aromatic rings. The van der Waals surface area contributed by atoms with Crippen LogP contribution >= 0.6 is 0 Å². The summed E-state index contributed by atoms with van der Waals surface area (Å²) < 4.78 is 0. The molecule has 0 atom stereocenters. The predicted molar refractivity (Wildman–Crippen MR) is 257 cm³/mol. The van der Waals surface area contributed by atoms with Crippen LogP contribution in [0, 0.1) is 6.67 Å². The predicted octanol–water partition coefficient (Wildman–Crippen LogP) is 13.3. The zero-order chi connectivity index (χ0) is 41.3. The second-order valence-electron chi connectivity index (χ2n) is 17.2. The third kappa shape index (κ3) is 7.71. The first-order chi connectivity index (χ1) is 28.6. The summed E-state index contributed by atoms with van der Waals surface area (Å²) >= 11 is 0. The van der Waals surface area contributed by atoms with Crippen LogP contribution in [0.25, 0.3) is 5.32 Å². The second-order valence-corrected chi connectivity index (χ2v) is 20.9. The number of anilines is 4. The molecular weight excluding hydrogens is 928 g/mol. The molecule has 5 heteroatoms. The molecular formula is C55H57AuN3Si-2. The number of fused-ring (bicyclic) bond motifs is 3. The van der Waals surface area contributed by atoms with Gasteiger partial charge in [-0.05, 0) is 68.4 Å². The van der Waals surface area contributed by atoms with E-state index in [0.717, 1.165) is 11.4 Å². The normalized spacial score (nSPS) is 13.6. The number of rotatable bonds is 8. The van der Waals surface area contributed by atoms with Crippen molar-refractivity contribution in [3.8, 4) is 0 Å². The number of hydrogen-bond donors (Lipinski definition) is 0. The first kappa shape index (κ1) is 43.0. The summed E-state index contributed by atoms with van der Waals surface area (Å²) in [5, 5.41) is 10.5. The molecule has 0 amide bonds. The van der Waals surface area contributed by atoms with E-state index in [-0.39, 0.29) is 22.4 Å². The summed E-state index contributed by atoms with van der Waals surface area (Å²) in [5.74, 6) is 1.79. The Kier molecular flexibility index (Phi) is 13.1. The van der Waals surface area contributed by atoms with E-state index in [1.807, 2.05) is 0 Å². The van der Waals surface area contributed by atoms with Crippen LogP contribution in [0.5, 0.6) is 0 Å². The standard InChI is InChI=1S/C31H39N2.C24H18NSi.Au/c1-20(2)24-13-11-14-25(21(3)4)30(24)32-19-33(29-18-10-9-17-28(29)32)31-26(22(5)6)15-12-16-27(31)23(7)8;1-3-11-19(12-4-1)26(20-13-5-2-6-14-20)23-17-9-7-15-21(23)25-22-16-8-10-18-24(22)26;/h9-23H,1-8H3;1-18H;/q2*-1;. The van der Waals surface area contributed by atoms with Crippen molar-refractivity contribution < 1.29 is 22.4 Å². The number of hydrogen-bond acceptors (Lipinski definition) is 2. The Morgan fingerprint density at radius 3 is 1.05 bits per heavy atom. The molecule has 0 spiro atoms. The Morgan fingerprint density at radius 2 is 0.700 bits per heavy atom. The molecule has 2 heterocycles. The van der Waals surface area contributed by atoms with Gasteiger partial charge in [0.25, 0.3) is 0 Å². The first-order valence-corrected chi connectivity index (χ1v) is 23.4. The van der Waals surface area contributed by atoms with Crippen molar-refractivity contribution in [3.63, 3.8) is 0 Å². The van der Waals surface area contributed by atoms with Crippen LogP contribution in [0.4, 0.5) is 34.1 Å². The molecule has 2 aliphatic rings. The quantitative estimate of drug-likeness (QED) is 0.112. The molecule has 7 aromatic carbocycles. The average molecular weight is 985 g/mol. The molecule has 0 saturated carbocycles. The molecule has 0 N–H and O–H groups in total. The summed E-state index contributed by atoms with van der Waals surface area (Å²) in [5.41, 5.74) is 13.0. The van der Waals surface area contributed by atoms with Crippen molar-refractivity contribution in [2.75, 3.05) is 9.80 Å². The number of benzene rings is 7. The van der Waals surface area contributed by atoms with E-state index < -0.39 is 8.07 Å². The maximum absolute atomic E-state index is 4.99. The second kappa shape index (κ2) is 18.3. The van der Waals surface area contributed by atoms with Crippen LogP contribution in [-0.2, 0) is 22.4 Å². The average Bonchev–Trinajstić information content (AvgIpc) is 3.64. The smallest absolute Gasteiger partial charge is 0.177 e. The molecule has 0 saturated heterocycles. The van der Waals surface area contributed by atoms with E-state index >= 15 is 0 Å². The third-order valence-electron chi connectivity index (χ3n) is 12.1. The van der Waals surface area contributed by atoms with Gasteiger partial charge in [-0.2, -0.15) is 0 Å². The van der Waals surface area contributed by atoms with Gasteiger partial charge in [-0.3, -0.25) is 0 Å². The summed E-state index contributed by atoms with van der Waals surface area (Å²) in [6.07, 6.45) is 0. The van der Waals surface area contributed by atoms with Crippen molar-refractivity contribution in [2.45, 2.75) is 79.1 Å². The summed E-state index contributed by atoms with van der Waals surface area (Å²) in [6, 6.07) is 61.8. The van der Waals surface area contributed by atoms with Gasteiger partial charge in [0, 0.05) is 45.1 Å². The Balaban J connectivity index is 0.000000183. The molecule has 9 rings (SSSR count). The van der Waals surface area contributed by atoms with Gasteiger partial charge >= 0.3 is 0 Å². The van der Waals surface area contributed by atoms with Crippen molar-refractivity contribution in [2.24, 2.45) is 0 Å². The van der Waals surface area contributed by atoms with Crippen LogP contribution in [-0.4, -0.2) is 8.07 Å². The molecule has 309 valence electrons. The fraction of sp³-hybridized carbons (Fsp3) is 0.218. The van der Waals surface area contributed by atoms with Crippen LogP contribution in [0.2, 0.25) is 0 Å². The van der Waals surface area contributed by atoms with Gasteiger partial charge in [0.2, 0.25) is 0 Å². The van der Waals surface area contributed by atoms with E-state index in [1.54, 1.807) is 0 Å². The topological polar surface area (TPSA) is 20.6 Å². The van der Waals surface area contributed by atoms with E-state index in [9.17, 15) is 0 Å². The minimum atomic E-state index is -2.37. The van der Waals surface area contributed by atoms with E-state index in [0.29, 0.717) is 23.7 Å². The molecule has 60 heavy (non-hydrogen) atoms. The Labute approximate surface area is 376 Å². The van der Waals surface area contributed by atoms with Crippen molar-refractivity contribution in [1.82, 2.24) is 0 Å². The molecule has 0 unspecified atom stereocenters. The number of nitrogens with zero attached hydrogens (tertiary/aromatic N) is 3. The molecule has 2 aliphatic heterocycles. The van der Waals surface area contributed by atoms with Crippen molar-refractivity contribution in [1.29, 1.82) is 0 Å². The maximum atomic E-state index is 4.99. The van der Waals surface area contributed by atoms with Gasteiger partial charge in [-0.1, -0.05) is 223 Å². The third-order valence-corrected chi connectivity index (χ3v) is 16.9. The monoisotopic (exact) mass is 984 g/mol. The van der Waals surface area contributed by atoms with Gasteiger partial charge < -0.3 is 15.1 Å². The van der Waals surface area contributed by atoms with Crippen LogP contribution in [0.15, 0.2) is 170 Å². The Morgan fingerprint density at radius 1 is 0.383 bits per heavy atom. The van der Waals surface area contributed by atoms with Crippen LogP contribution in [0.3, 0.4) is 0 Å². The summed E-state index contributed by atoms with van der Waals surface area (Å²) in [6.45, 7) is 20.7. The van der Waals surface area contributed by atoms with E-state index in [2.05, 4.69) is 242 Å². The first-order valence-electron chi connectivity index (χ1n) is 21.4. The van der Waals surface area contributed by atoms with Gasteiger partial charge in [0.05, 0.1) is 0 Å². The van der Waals surface area contributed by atoms with Crippen molar-refractivity contribution >= 4 is 62.9 Å². The maximum Gasteiger partial charge on any atom is 0.177 e. The summed E-state index contributed by atoms with van der Waals surface area (Å²) in [4.78, 5) is 4.89. The Hall–Kier alpha value is -5.10. The van der Waals surface area contributed by atoms with Crippen molar-refractivity contribution in [3.05, 3.63) is 204 Å². The van der Waals surface area contributed by atoms with Crippen LogP contribution in [0.1, 0.15) is 101 Å². The molecule has 0 bridgehead atoms. The molecule has 3 nitrogen and oxygen atoms in total. The minimum absolute atomic E-state index is 0. The van der Waals surface area contributed by atoms with Gasteiger partial charge in [0.1, 0.15) is 0 Å². The minimum Gasteiger partial charge on any atom is -0.658 e. The fourth-order valence-corrected chi connectivity index (χ4v) is 14.3. The summed E-state index contributed by atoms with van der Waals surface area (Å²) in [7, 11) is -2.37.